The third kappa shape index (κ3) is 4.64. The van der Waals surface area contributed by atoms with Crippen LogP contribution in [0.1, 0.15) is 43.0 Å². The van der Waals surface area contributed by atoms with Gasteiger partial charge in [-0.1, -0.05) is 50.1 Å². The van der Waals surface area contributed by atoms with E-state index in [2.05, 4.69) is 17.6 Å². The Balaban J connectivity index is 1.56. The normalized spacial score (nSPS) is 19.3. The molecule has 2 aromatic carbocycles. The first-order valence-electron chi connectivity index (χ1n) is 9.28. The zero-order valence-corrected chi connectivity index (χ0v) is 15.4. The zero-order chi connectivity index (χ0) is 19.2. The van der Waals surface area contributed by atoms with E-state index < -0.39 is 11.9 Å². The van der Waals surface area contributed by atoms with E-state index in [-0.39, 0.29) is 12.6 Å². The minimum atomic E-state index is -0.555. The summed E-state index contributed by atoms with van der Waals surface area (Å²) in [6, 6.07) is 10.5. The summed E-state index contributed by atoms with van der Waals surface area (Å²) in [5, 5.41) is 6.83. The number of carbonyl (C=O) groups is 3. The van der Waals surface area contributed by atoms with Crippen molar-refractivity contribution >= 4 is 29.0 Å². The van der Waals surface area contributed by atoms with E-state index >= 15 is 0 Å². The molecule has 1 aliphatic carbocycles. The zero-order valence-electron chi connectivity index (χ0n) is 15.4. The summed E-state index contributed by atoms with van der Waals surface area (Å²) in [5.74, 6) is 0.171. The maximum atomic E-state index is 12.0. The molecule has 1 aliphatic rings. The topological polar surface area (TPSA) is 84.5 Å². The molecule has 0 unspecified atom stereocenters. The molecular weight excluding hydrogens is 344 g/mol. The Hall–Kier alpha value is -2.89. The fourth-order valence-corrected chi connectivity index (χ4v) is 3.56. The summed E-state index contributed by atoms with van der Waals surface area (Å²) in [5.41, 5.74) is 0.390. The second-order valence-electron chi connectivity index (χ2n) is 6.99. The largest absolute Gasteiger partial charge is 0.483 e. The van der Waals surface area contributed by atoms with Crippen LogP contribution in [0.25, 0.3) is 10.8 Å². The van der Waals surface area contributed by atoms with Crippen molar-refractivity contribution in [2.24, 2.45) is 5.92 Å². The van der Waals surface area contributed by atoms with E-state index in [1.807, 2.05) is 30.3 Å². The first-order chi connectivity index (χ1) is 13.1. The van der Waals surface area contributed by atoms with Crippen molar-refractivity contribution in [1.82, 2.24) is 10.6 Å². The van der Waals surface area contributed by atoms with Gasteiger partial charge in [-0.15, -0.1) is 0 Å². The highest BCUT2D eigenvalue weighted by Gasteiger charge is 2.23. The van der Waals surface area contributed by atoms with Crippen LogP contribution in [0.3, 0.4) is 0 Å². The number of rotatable bonds is 5. The third-order valence-electron chi connectivity index (χ3n) is 5.09. The standard InChI is InChI=1S/C21H24N2O4/c1-14-6-2-5-9-18(14)22-21(26)23-20(25)13-27-19-11-10-15-7-3-4-8-16(15)17(19)12-24/h3-4,7-8,10-12,14,18H,2,5-6,9,13H2,1H3,(H2,22,23,25,26)/t14-,18+/m1/s1. The van der Waals surface area contributed by atoms with Crippen molar-refractivity contribution in [3.05, 3.63) is 42.0 Å². The number of ether oxygens (including phenoxy) is 1. The van der Waals surface area contributed by atoms with E-state index in [9.17, 15) is 14.4 Å². The fraction of sp³-hybridized carbons (Fsp3) is 0.381. The van der Waals surface area contributed by atoms with Gasteiger partial charge in [0.15, 0.2) is 12.9 Å². The SMILES string of the molecule is C[C@@H]1CCCC[C@@H]1NC(=O)NC(=O)COc1ccc2ccccc2c1C=O. The highest BCUT2D eigenvalue weighted by atomic mass is 16.5. The summed E-state index contributed by atoms with van der Waals surface area (Å²) < 4.78 is 5.49. The van der Waals surface area contributed by atoms with Gasteiger partial charge >= 0.3 is 6.03 Å². The van der Waals surface area contributed by atoms with Crippen LogP contribution < -0.4 is 15.4 Å². The number of hydrogen-bond acceptors (Lipinski definition) is 4. The Morgan fingerprint density at radius 2 is 1.93 bits per heavy atom. The predicted octanol–water partition coefficient (Wildman–Crippen LogP) is 3.44. The number of nitrogens with one attached hydrogen (secondary N) is 2. The molecule has 27 heavy (non-hydrogen) atoms. The van der Waals surface area contributed by atoms with E-state index in [1.165, 1.54) is 6.42 Å². The number of carbonyl (C=O) groups excluding carboxylic acids is 3. The quantitative estimate of drug-likeness (QED) is 0.792. The van der Waals surface area contributed by atoms with Gasteiger partial charge in [-0.25, -0.2) is 4.79 Å². The molecule has 0 bridgehead atoms. The Bertz CT molecular complexity index is 849. The minimum absolute atomic E-state index is 0.0922. The molecule has 2 aromatic rings. The average Bonchev–Trinajstić information content (AvgIpc) is 2.67. The van der Waals surface area contributed by atoms with Gasteiger partial charge in [-0.2, -0.15) is 0 Å². The molecule has 6 heteroatoms. The molecule has 3 rings (SSSR count). The van der Waals surface area contributed by atoms with Gasteiger partial charge in [0.25, 0.3) is 5.91 Å². The second kappa shape index (κ2) is 8.66. The fourth-order valence-electron chi connectivity index (χ4n) is 3.56. The highest BCUT2D eigenvalue weighted by molar-refractivity contribution is 6.01. The number of aldehydes is 1. The number of benzene rings is 2. The lowest BCUT2D eigenvalue weighted by Crippen LogP contribution is -2.48. The molecule has 0 radical (unpaired) electrons. The van der Waals surface area contributed by atoms with Gasteiger partial charge in [0.05, 0.1) is 5.56 Å². The van der Waals surface area contributed by atoms with Gasteiger partial charge in [-0.3, -0.25) is 14.9 Å². The summed E-state index contributed by atoms with van der Waals surface area (Å²) >= 11 is 0. The van der Waals surface area contributed by atoms with Crippen LogP contribution in [0.2, 0.25) is 0 Å². The van der Waals surface area contributed by atoms with Gasteiger partial charge in [0.1, 0.15) is 5.75 Å². The van der Waals surface area contributed by atoms with Crippen LogP contribution in [0.4, 0.5) is 4.79 Å². The Labute approximate surface area is 158 Å². The Kier molecular flexibility index (Phi) is 6.06. The summed E-state index contributed by atoms with van der Waals surface area (Å²) in [7, 11) is 0. The Morgan fingerprint density at radius 3 is 2.70 bits per heavy atom. The first-order valence-corrected chi connectivity index (χ1v) is 9.28. The molecule has 0 spiro atoms. The molecule has 1 saturated carbocycles. The van der Waals surface area contributed by atoms with Crippen LogP contribution in [-0.2, 0) is 4.79 Å². The lowest BCUT2D eigenvalue weighted by molar-refractivity contribution is -0.122. The lowest BCUT2D eigenvalue weighted by atomic mass is 9.86. The molecule has 2 N–H and O–H groups in total. The molecule has 0 heterocycles. The Morgan fingerprint density at radius 1 is 1.15 bits per heavy atom. The molecular formula is C21H24N2O4. The monoisotopic (exact) mass is 368 g/mol. The molecule has 6 nitrogen and oxygen atoms in total. The molecule has 0 aliphatic heterocycles. The number of fused-ring (bicyclic) bond motifs is 1. The lowest BCUT2D eigenvalue weighted by Gasteiger charge is -2.29. The van der Waals surface area contributed by atoms with E-state index in [4.69, 9.17) is 4.74 Å². The highest BCUT2D eigenvalue weighted by Crippen LogP contribution is 2.26. The van der Waals surface area contributed by atoms with Gasteiger partial charge in [0.2, 0.25) is 0 Å². The van der Waals surface area contributed by atoms with Crippen molar-refractivity contribution in [3.8, 4) is 5.75 Å². The molecule has 1 fully saturated rings. The minimum Gasteiger partial charge on any atom is -0.483 e. The van der Waals surface area contributed by atoms with Crippen molar-refractivity contribution < 1.29 is 19.1 Å². The van der Waals surface area contributed by atoms with Crippen LogP contribution in [0.5, 0.6) is 5.75 Å². The average molecular weight is 368 g/mol. The van der Waals surface area contributed by atoms with Gasteiger partial charge in [-0.05, 0) is 35.6 Å². The number of amides is 3. The van der Waals surface area contributed by atoms with Crippen LogP contribution >= 0.6 is 0 Å². The molecule has 0 aromatic heterocycles. The second-order valence-corrected chi connectivity index (χ2v) is 6.99. The van der Waals surface area contributed by atoms with Crippen LogP contribution in [0, 0.1) is 5.92 Å². The van der Waals surface area contributed by atoms with E-state index in [1.54, 1.807) is 6.07 Å². The number of hydrogen-bond donors (Lipinski definition) is 2. The summed E-state index contributed by atoms with van der Waals surface area (Å²) in [6.07, 6.45) is 4.99. The molecule has 2 atom stereocenters. The first kappa shape index (κ1) is 18.9. The smallest absolute Gasteiger partial charge is 0.321 e. The molecule has 142 valence electrons. The maximum Gasteiger partial charge on any atom is 0.321 e. The van der Waals surface area contributed by atoms with Crippen molar-refractivity contribution in [1.29, 1.82) is 0 Å². The van der Waals surface area contributed by atoms with Crippen LogP contribution in [-0.4, -0.2) is 30.9 Å². The third-order valence-corrected chi connectivity index (χ3v) is 5.09. The van der Waals surface area contributed by atoms with Crippen LogP contribution in [0.15, 0.2) is 36.4 Å². The van der Waals surface area contributed by atoms with Gasteiger partial charge in [0, 0.05) is 6.04 Å². The summed E-state index contributed by atoms with van der Waals surface area (Å²) in [6.45, 7) is 1.77. The van der Waals surface area contributed by atoms with E-state index in [0.717, 1.165) is 30.0 Å². The summed E-state index contributed by atoms with van der Waals surface area (Å²) in [4.78, 5) is 35.5. The number of imide groups is 1. The van der Waals surface area contributed by atoms with Gasteiger partial charge < -0.3 is 10.1 Å². The molecule has 3 amide bonds. The van der Waals surface area contributed by atoms with E-state index in [0.29, 0.717) is 23.5 Å². The van der Waals surface area contributed by atoms with Crippen molar-refractivity contribution in [2.75, 3.05) is 6.61 Å². The van der Waals surface area contributed by atoms with Crippen molar-refractivity contribution in [3.63, 3.8) is 0 Å². The molecule has 0 saturated heterocycles. The van der Waals surface area contributed by atoms with Crippen molar-refractivity contribution in [2.45, 2.75) is 38.6 Å². The number of urea groups is 1. The predicted molar refractivity (Wildman–Crippen MR) is 103 cm³/mol. The maximum absolute atomic E-state index is 12.0.